The van der Waals surface area contributed by atoms with Crippen LogP contribution in [0.3, 0.4) is 0 Å². The van der Waals surface area contributed by atoms with Crippen molar-refractivity contribution in [1.82, 2.24) is 0 Å². The molecule has 0 atom stereocenters. The summed E-state index contributed by atoms with van der Waals surface area (Å²) in [5, 5.41) is 0. The SMILES string of the molecule is COc1ccc(OC)c(C(=O)c2cccc(OC)c2F)c1. The lowest BCUT2D eigenvalue weighted by Crippen LogP contribution is -2.07. The highest BCUT2D eigenvalue weighted by molar-refractivity contribution is 6.11. The average molecular weight is 290 g/mol. The maximum absolute atomic E-state index is 14.2. The first kappa shape index (κ1) is 14.8. The maximum atomic E-state index is 14.2. The van der Waals surface area contributed by atoms with Crippen LogP contribution in [0.4, 0.5) is 4.39 Å². The second kappa shape index (κ2) is 6.26. The van der Waals surface area contributed by atoms with Crippen LogP contribution >= 0.6 is 0 Å². The molecule has 110 valence electrons. The number of halogens is 1. The molecule has 0 aliphatic carbocycles. The van der Waals surface area contributed by atoms with Gasteiger partial charge in [-0.15, -0.1) is 0 Å². The number of ketones is 1. The van der Waals surface area contributed by atoms with Crippen LogP contribution in [0.25, 0.3) is 0 Å². The van der Waals surface area contributed by atoms with Crippen LogP contribution in [0.1, 0.15) is 15.9 Å². The Hall–Kier alpha value is -2.56. The van der Waals surface area contributed by atoms with Gasteiger partial charge in [-0.05, 0) is 30.3 Å². The van der Waals surface area contributed by atoms with Gasteiger partial charge in [0, 0.05) is 0 Å². The number of hydrogen-bond donors (Lipinski definition) is 0. The van der Waals surface area contributed by atoms with E-state index in [9.17, 15) is 9.18 Å². The number of rotatable bonds is 5. The topological polar surface area (TPSA) is 44.8 Å². The lowest BCUT2D eigenvalue weighted by molar-refractivity contribution is 0.103. The van der Waals surface area contributed by atoms with E-state index in [-0.39, 0.29) is 16.9 Å². The second-order valence-corrected chi connectivity index (χ2v) is 4.22. The summed E-state index contributed by atoms with van der Waals surface area (Å²) >= 11 is 0. The zero-order valence-electron chi connectivity index (χ0n) is 12.0. The fourth-order valence-electron chi connectivity index (χ4n) is 1.98. The molecule has 0 aliphatic rings. The summed E-state index contributed by atoms with van der Waals surface area (Å²) in [6.45, 7) is 0. The maximum Gasteiger partial charge on any atom is 0.199 e. The highest BCUT2D eigenvalue weighted by Gasteiger charge is 2.21. The molecule has 0 unspecified atom stereocenters. The summed E-state index contributed by atoms with van der Waals surface area (Å²) in [6.07, 6.45) is 0. The quantitative estimate of drug-likeness (QED) is 0.794. The van der Waals surface area contributed by atoms with E-state index in [0.717, 1.165) is 0 Å². The Kier molecular flexibility index (Phi) is 4.42. The van der Waals surface area contributed by atoms with Gasteiger partial charge in [0.05, 0.1) is 32.5 Å². The van der Waals surface area contributed by atoms with Crippen molar-refractivity contribution in [3.05, 3.63) is 53.3 Å². The number of methoxy groups -OCH3 is 3. The van der Waals surface area contributed by atoms with Crippen molar-refractivity contribution < 1.29 is 23.4 Å². The van der Waals surface area contributed by atoms with Gasteiger partial charge in [0.25, 0.3) is 0 Å². The van der Waals surface area contributed by atoms with Crippen molar-refractivity contribution in [2.24, 2.45) is 0 Å². The lowest BCUT2D eigenvalue weighted by atomic mass is 10.0. The molecule has 2 aromatic rings. The van der Waals surface area contributed by atoms with E-state index in [1.54, 1.807) is 18.2 Å². The normalized spacial score (nSPS) is 10.1. The number of carbonyl (C=O) groups excluding carboxylic acids is 1. The summed E-state index contributed by atoms with van der Waals surface area (Å²) < 4.78 is 29.3. The Balaban J connectivity index is 2.54. The molecule has 0 heterocycles. The summed E-state index contributed by atoms with van der Waals surface area (Å²) in [4.78, 5) is 12.6. The molecule has 0 aliphatic heterocycles. The first-order valence-corrected chi connectivity index (χ1v) is 6.21. The summed E-state index contributed by atoms with van der Waals surface area (Å²) in [5.41, 5.74) is 0.143. The third-order valence-electron chi connectivity index (χ3n) is 3.08. The van der Waals surface area contributed by atoms with Crippen LogP contribution in [0.2, 0.25) is 0 Å². The molecule has 0 amide bonds. The Morgan fingerprint density at radius 1 is 0.905 bits per heavy atom. The fraction of sp³-hybridized carbons (Fsp3) is 0.188. The van der Waals surface area contributed by atoms with Gasteiger partial charge in [-0.25, -0.2) is 4.39 Å². The summed E-state index contributed by atoms with van der Waals surface area (Å²) in [5.74, 6) is -0.342. The van der Waals surface area contributed by atoms with E-state index in [4.69, 9.17) is 14.2 Å². The predicted molar refractivity (Wildman–Crippen MR) is 75.9 cm³/mol. The highest BCUT2D eigenvalue weighted by Crippen LogP contribution is 2.29. The number of carbonyl (C=O) groups is 1. The van der Waals surface area contributed by atoms with Crippen molar-refractivity contribution in [3.63, 3.8) is 0 Å². The van der Waals surface area contributed by atoms with E-state index in [1.807, 2.05) is 0 Å². The number of hydrogen-bond acceptors (Lipinski definition) is 4. The highest BCUT2D eigenvalue weighted by atomic mass is 19.1. The monoisotopic (exact) mass is 290 g/mol. The molecular formula is C16H15FO4. The molecule has 0 N–H and O–H groups in total. The Bertz CT molecular complexity index is 667. The molecule has 5 heteroatoms. The standard InChI is InChI=1S/C16H15FO4/c1-19-10-7-8-13(20-2)12(9-10)16(18)11-5-4-6-14(21-3)15(11)17/h4-9H,1-3H3. The number of ether oxygens (including phenoxy) is 3. The van der Waals surface area contributed by atoms with Crippen molar-refractivity contribution in [3.8, 4) is 17.2 Å². The summed E-state index contributed by atoms with van der Waals surface area (Å²) in [7, 11) is 4.28. The lowest BCUT2D eigenvalue weighted by Gasteiger charge is -2.11. The van der Waals surface area contributed by atoms with Gasteiger partial charge in [0.1, 0.15) is 11.5 Å². The molecule has 0 spiro atoms. The van der Waals surface area contributed by atoms with Crippen molar-refractivity contribution in [2.45, 2.75) is 0 Å². The van der Waals surface area contributed by atoms with Gasteiger partial charge in [0.15, 0.2) is 17.3 Å². The minimum absolute atomic E-state index is 0.0164. The number of benzene rings is 2. The zero-order chi connectivity index (χ0) is 15.4. The van der Waals surface area contributed by atoms with Crippen LogP contribution in [0.15, 0.2) is 36.4 Å². The molecule has 0 saturated carbocycles. The van der Waals surface area contributed by atoms with E-state index in [1.165, 1.54) is 39.5 Å². The molecule has 2 aromatic carbocycles. The van der Waals surface area contributed by atoms with Gasteiger partial charge in [-0.3, -0.25) is 4.79 Å². The molecular weight excluding hydrogens is 275 g/mol. The van der Waals surface area contributed by atoms with Crippen LogP contribution < -0.4 is 14.2 Å². The average Bonchev–Trinajstić information content (AvgIpc) is 2.53. The van der Waals surface area contributed by atoms with Crippen LogP contribution in [-0.2, 0) is 0 Å². The van der Waals surface area contributed by atoms with Crippen molar-refractivity contribution >= 4 is 5.78 Å². The third-order valence-corrected chi connectivity index (χ3v) is 3.08. The van der Waals surface area contributed by atoms with Crippen LogP contribution in [0, 0.1) is 5.82 Å². The molecule has 2 rings (SSSR count). The molecule has 21 heavy (non-hydrogen) atoms. The van der Waals surface area contributed by atoms with Crippen molar-refractivity contribution in [1.29, 1.82) is 0 Å². The van der Waals surface area contributed by atoms with Crippen LogP contribution in [0.5, 0.6) is 17.2 Å². The first-order valence-electron chi connectivity index (χ1n) is 6.21. The first-order chi connectivity index (χ1) is 10.1. The van der Waals surface area contributed by atoms with E-state index < -0.39 is 11.6 Å². The predicted octanol–water partition coefficient (Wildman–Crippen LogP) is 3.08. The molecule has 0 bridgehead atoms. The Labute approximate surface area is 122 Å². The zero-order valence-corrected chi connectivity index (χ0v) is 12.0. The minimum atomic E-state index is -0.699. The van der Waals surface area contributed by atoms with Crippen molar-refractivity contribution in [2.75, 3.05) is 21.3 Å². The van der Waals surface area contributed by atoms with Crippen LogP contribution in [-0.4, -0.2) is 27.1 Å². The van der Waals surface area contributed by atoms with Gasteiger partial charge >= 0.3 is 0 Å². The molecule has 0 fully saturated rings. The smallest absolute Gasteiger partial charge is 0.199 e. The molecule has 0 aromatic heterocycles. The largest absolute Gasteiger partial charge is 0.497 e. The van der Waals surface area contributed by atoms with Gasteiger partial charge in [0.2, 0.25) is 0 Å². The minimum Gasteiger partial charge on any atom is -0.497 e. The third kappa shape index (κ3) is 2.81. The second-order valence-electron chi connectivity index (χ2n) is 4.22. The van der Waals surface area contributed by atoms with Gasteiger partial charge < -0.3 is 14.2 Å². The van der Waals surface area contributed by atoms with Gasteiger partial charge in [-0.1, -0.05) is 6.07 Å². The summed E-state index contributed by atoms with van der Waals surface area (Å²) in [6, 6.07) is 9.19. The van der Waals surface area contributed by atoms with E-state index in [2.05, 4.69) is 0 Å². The Morgan fingerprint density at radius 3 is 2.24 bits per heavy atom. The molecule has 0 radical (unpaired) electrons. The van der Waals surface area contributed by atoms with E-state index in [0.29, 0.717) is 11.5 Å². The molecule has 4 nitrogen and oxygen atoms in total. The van der Waals surface area contributed by atoms with Gasteiger partial charge in [-0.2, -0.15) is 0 Å². The Morgan fingerprint density at radius 2 is 1.62 bits per heavy atom. The fourth-order valence-corrected chi connectivity index (χ4v) is 1.98. The van der Waals surface area contributed by atoms with E-state index >= 15 is 0 Å². The molecule has 0 saturated heterocycles.